The van der Waals surface area contributed by atoms with Crippen molar-refractivity contribution in [2.24, 2.45) is 0 Å². The van der Waals surface area contributed by atoms with E-state index in [0.29, 0.717) is 64.7 Å². The third kappa shape index (κ3) is 11.8. The summed E-state index contributed by atoms with van der Waals surface area (Å²) >= 11 is 0. The highest BCUT2D eigenvalue weighted by molar-refractivity contribution is 5.87. The number of esters is 1. The van der Waals surface area contributed by atoms with Crippen molar-refractivity contribution in [1.82, 2.24) is 19.6 Å². The van der Waals surface area contributed by atoms with Crippen LogP contribution in [0.15, 0.2) is 24.3 Å². The van der Waals surface area contributed by atoms with E-state index in [9.17, 15) is 24.3 Å². The zero-order chi connectivity index (χ0) is 27.0. The second-order valence-electron chi connectivity index (χ2n) is 8.88. The van der Waals surface area contributed by atoms with Crippen LogP contribution >= 0.6 is 0 Å². The Labute approximate surface area is 217 Å². The number of carbonyl (C=O) groups is 4. The highest BCUT2D eigenvalue weighted by Gasteiger charge is 2.20. The van der Waals surface area contributed by atoms with Crippen LogP contribution in [0.4, 0.5) is 0 Å². The van der Waals surface area contributed by atoms with Crippen LogP contribution in [0.3, 0.4) is 0 Å². The molecular weight excluding hydrogens is 484 g/mol. The van der Waals surface area contributed by atoms with Gasteiger partial charge in [0.1, 0.15) is 31.0 Å². The Bertz CT molecular complexity index is 854. The van der Waals surface area contributed by atoms with Crippen molar-refractivity contribution < 1.29 is 38.9 Å². The van der Waals surface area contributed by atoms with E-state index in [4.69, 9.17) is 14.6 Å². The average molecular weight is 523 g/mol. The lowest BCUT2D eigenvalue weighted by molar-refractivity contribution is -0.142. The predicted octanol–water partition coefficient (Wildman–Crippen LogP) is -1.08. The zero-order valence-corrected chi connectivity index (χ0v) is 21.4. The molecule has 0 spiro atoms. The number of aliphatic hydroxyl groups is 1. The Morgan fingerprint density at radius 1 is 0.865 bits per heavy atom. The van der Waals surface area contributed by atoms with Crippen molar-refractivity contribution in [3.63, 3.8) is 0 Å². The molecule has 1 aromatic rings. The molecule has 0 radical (unpaired) electrons. The van der Waals surface area contributed by atoms with E-state index in [-0.39, 0.29) is 37.8 Å². The lowest BCUT2D eigenvalue weighted by atomic mass is 10.2. The van der Waals surface area contributed by atoms with Gasteiger partial charge >= 0.3 is 11.9 Å². The number of ether oxygens (including phenoxy) is 2. The van der Waals surface area contributed by atoms with Crippen LogP contribution in [0.5, 0.6) is 5.75 Å². The first kappa shape index (κ1) is 30.3. The molecule has 0 saturated carbocycles. The molecule has 206 valence electrons. The molecule has 0 amide bonds. The van der Waals surface area contributed by atoms with Gasteiger partial charge in [-0.2, -0.15) is 0 Å². The molecule has 1 fully saturated rings. The molecule has 0 aliphatic carbocycles. The fourth-order valence-electron chi connectivity index (χ4n) is 3.98. The number of carboxylic acid groups (broad SMARTS) is 1. The second-order valence-corrected chi connectivity index (χ2v) is 8.88. The van der Waals surface area contributed by atoms with Crippen molar-refractivity contribution in [3.05, 3.63) is 29.8 Å². The molecule has 1 heterocycles. The number of nitrogens with zero attached hydrogens (tertiary/aromatic N) is 4. The Kier molecular flexibility index (Phi) is 13.7. The van der Waals surface area contributed by atoms with Crippen LogP contribution in [0.25, 0.3) is 0 Å². The maximum atomic E-state index is 11.9. The number of carboxylic acids is 1. The van der Waals surface area contributed by atoms with Gasteiger partial charge in [0.05, 0.1) is 32.3 Å². The normalized spacial score (nSPS) is 18.2. The minimum Gasteiger partial charge on any atom is -0.491 e. The summed E-state index contributed by atoms with van der Waals surface area (Å²) in [5, 5.41) is 19.7. The molecule has 1 aromatic carbocycles. The summed E-state index contributed by atoms with van der Waals surface area (Å²) in [6, 6.07) is 5.97. The van der Waals surface area contributed by atoms with E-state index in [0.717, 1.165) is 12.6 Å². The van der Waals surface area contributed by atoms with Crippen molar-refractivity contribution >= 4 is 24.5 Å². The van der Waals surface area contributed by atoms with E-state index < -0.39 is 12.1 Å². The van der Waals surface area contributed by atoms with Gasteiger partial charge in [0, 0.05) is 58.9 Å². The number of carbonyl (C=O) groups excluding carboxylic acids is 3. The fraction of sp³-hybridized carbons (Fsp3) is 0.600. The Balaban J connectivity index is 2.02. The van der Waals surface area contributed by atoms with Crippen molar-refractivity contribution in [2.75, 3.05) is 92.3 Å². The third-order valence-corrected chi connectivity index (χ3v) is 6.19. The number of aromatic carboxylic acids is 1. The average Bonchev–Trinajstić information content (AvgIpc) is 2.89. The fourth-order valence-corrected chi connectivity index (χ4v) is 3.98. The van der Waals surface area contributed by atoms with E-state index >= 15 is 0 Å². The standard InChI is InChI=1S/C25H38N4O8/c1-36-24(33)19-29-11-9-27(15-17-31)7-6-26(14-16-30)8-10-28(12-13-29)18-22(32)20-37-23-4-2-21(3-5-23)25(34)35/h2-5,16-17,22,32H,6-15,18-20H2,1H3,(H,34,35). The van der Waals surface area contributed by atoms with Crippen LogP contribution in [-0.4, -0.2) is 153 Å². The Hall–Kier alpha value is -2.90. The van der Waals surface area contributed by atoms with E-state index in [1.807, 2.05) is 14.7 Å². The van der Waals surface area contributed by atoms with Gasteiger partial charge in [0.2, 0.25) is 0 Å². The highest BCUT2D eigenvalue weighted by atomic mass is 16.5. The molecule has 0 bridgehead atoms. The largest absolute Gasteiger partial charge is 0.491 e. The third-order valence-electron chi connectivity index (χ3n) is 6.19. The van der Waals surface area contributed by atoms with Crippen LogP contribution in [0.2, 0.25) is 0 Å². The number of hydrogen-bond acceptors (Lipinski definition) is 11. The zero-order valence-electron chi connectivity index (χ0n) is 21.4. The van der Waals surface area contributed by atoms with Gasteiger partial charge in [-0.3, -0.25) is 24.4 Å². The summed E-state index contributed by atoms with van der Waals surface area (Å²) < 4.78 is 10.5. The summed E-state index contributed by atoms with van der Waals surface area (Å²) in [5.74, 6) is -0.915. The van der Waals surface area contributed by atoms with Crippen molar-refractivity contribution in [3.8, 4) is 5.75 Å². The molecule has 2 rings (SSSR count). The van der Waals surface area contributed by atoms with Gasteiger partial charge in [-0.05, 0) is 24.3 Å². The summed E-state index contributed by atoms with van der Waals surface area (Å²) in [6.07, 6.45) is 0.895. The van der Waals surface area contributed by atoms with Gasteiger partial charge in [0.15, 0.2) is 0 Å². The van der Waals surface area contributed by atoms with Crippen LogP contribution in [0.1, 0.15) is 10.4 Å². The molecule has 37 heavy (non-hydrogen) atoms. The molecule has 1 aliphatic heterocycles. The van der Waals surface area contributed by atoms with Gasteiger partial charge in [-0.15, -0.1) is 0 Å². The number of hydrogen-bond donors (Lipinski definition) is 2. The van der Waals surface area contributed by atoms with Crippen molar-refractivity contribution in [1.29, 1.82) is 0 Å². The first-order chi connectivity index (χ1) is 17.8. The Morgan fingerprint density at radius 2 is 1.35 bits per heavy atom. The van der Waals surface area contributed by atoms with E-state index in [1.165, 1.54) is 19.2 Å². The molecule has 1 unspecified atom stereocenters. The van der Waals surface area contributed by atoms with E-state index in [2.05, 4.69) is 4.90 Å². The van der Waals surface area contributed by atoms with Crippen LogP contribution < -0.4 is 4.74 Å². The maximum absolute atomic E-state index is 11.9. The number of aliphatic hydroxyl groups excluding tert-OH is 1. The van der Waals surface area contributed by atoms with Crippen LogP contribution in [0, 0.1) is 0 Å². The predicted molar refractivity (Wildman–Crippen MR) is 135 cm³/mol. The van der Waals surface area contributed by atoms with Crippen molar-refractivity contribution in [2.45, 2.75) is 6.10 Å². The summed E-state index contributed by atoms with van der Waals surface area (Å²) in [7, 11) is 1.34. The highest BCUT2D eigenvalue weighted by Crippen LogP contribution is 2.13. The number of aldehydes is 2. The quantitative estimate of drug-likeness (QED) is 0.255. The topological polar surface area (TPSA) is 140 Å². The lowest BCUT2D eigenvalue weighted by Gasteiger charge is -2.33. The van der Waals surface area contributed by atoms with Gasteiger partial charge in [0.25, 0.3) is 0 Å². The SMILES string of the molecule is COC(=O)CN1CCN(CC=O)CCN(CC=O)CCN(CC(O)COc2ccc(C(=O)O)cc2)CC1. The number of methoxy groups -OCH3 is 1. The first-order valence-corrected chi connectivity index (χ1v) is 12.3. The number of β-amino-alcohol motifs (C(OH)–C–C–N with tert-alkyl or cyclic N) is 1. The Morgan fingerprint density at radius 3 is 1.81 bits per heavy atom. The molecule has 1 atom stereocenters. The van der Waals surface area contributed by atoms with Gasteiger partial charge in [-0.25, -0.2) is 4.79 Å². The van der Waals surface area contributed by atoms with E-state index in [1.54, 1.807) is 12.1 Å². The van der Waals surface area contributed by atoms with Gasteiger partial charge in [-0.1, -0.05) is 0 Å². The lowest BCUT2D eigenvalue weighted by Crippen LogP contribution is -2.49. The monoisotopic (exact) mass is 522 g/mol. The number of rotatable bonds is 12. The molecular formula is C25H38N4O8. The molecule has 12 nitrogen and oxygen atoms in total. The van der Waals surface area contributed by atoms with Crippen LogP contribution in [-0.2, 0) is 19.1 Å². The maximum Gasteiger partial charge on any atom is 0.335 e. The second kappa shape index (κ2) is 16.8. The molecule has 2 N–H and O–H groups in total. The first-order valence-electron chi connectivity index (χ1n) is 12.3. The molecule has 1 aliphatic rings. The molecule has 0 aromatic heterocycles. The summed E-state index contributed by atoms with van der Waals surface area (Å²) in [5.41, 5.74) is 0.151. The minimum atomic E-state index is -1.02. The number of benzene rings is 1. The summed E-state index contributed by atoms with van der Waals surface area (Å²) in [6.45, 7) is 5.63. The summed E-state index contributed by atoms with van der Waals surface area (Å²) in [4.78, 5) is 53.3. The molecule has 1 saturated heterocycles. The minimum absolute atomic E-state index is 0.0213. The van der Waals surface area contributed by atoms with Gasteiger partial charge < -0.3 is 29.3 Å². The molecule has 12 heteroatoms. The smallest absolute Gasteiger partial charge is 0.335 e.